The van der Waals surface area contributed by atoms with Gasteiger partial charge in [-0.25, -0.2) is 9.18 Å². The van der Waals surface area contributed by atoms with Gasteiger partial charge in [0.25, 0.3) is 0 Å². The highest BCUT2D eigenvalue weighted by Gasteiger charge is 2.54. The number of para-hydroxylation sites is 1. The number of nitrogens with zero attached hydrogens (tertiary/aromatic N) is 2. The number of halogens is 1. The Hall–Kier alpha value is -3.37. The van der Waals surface area contributed by atoms with Gasteiger partial charge in [-0.3, -0.25) is 4.79 Å². The van der Waals surface area contributed by atoms with Gasteiger partial charge in [0.1, 0.15) is 12.4 Å². The Morgan fingerprint density at radius 2 is 1.85 bits per heavy atom. The van der Waals surface area contributed by atoms with Crippen molar-refractivity contribution in [3.8, 4) is 11.8 Å². The molecule has 2 aromatic rings. The fraction of sp³-hybridized carbons (Fsp3) is 0.407. The molecule has 0 unspecified atom stereocenters. The number of urea groups is 1. The van der Waals surface area contributed by atoms with E-state index >= 15 is 0 Å². The molecule has 2 aliphatic heterocycles. The highest BCUT2D eigenvalue weighted by Crippen LogP contribution is 2.43. The zero-order chi connectivity index (χ0) is 23.7. The molecule has 2 N–H and O–H groups in total. The van der Waals surface area contributed by atoms with Crippen LogP contribution >= 0.6 is 0 Å². The van der Waals surface area contributed by atoms with Gasteiger partial charge in [-0.15, -0.1) is 0 Å². The van der Waals surface area contributed by atoms with Crippen LogP contribution in [0.25, 0.3) is 0 Å². The molecule has 3 amide bonds. The van der Waals surface area contributed by atoms with Crippen LogP contribution in [-0.2, 0) is 4.79 Å². The van der Waals surface area contributed by atoms with Crippen LogP contribution in [0.15, 0.2) is 48.5 Å². The fourth-order valence-electron chi connectivity index (χ4n) is 5.46. The van der Waals surface area contributed by atoms with E-state index in [1.54, 1.807) is 17.0 Å². The summed E-state index contributed by atoms with van der Waals surface area (Å²) in [5.41, 5.74) is 2.05. The highest BCUT2D eigenvalue weighted by molar-refractivity contribution is 5.94. The molecule has 7 heteroatoms. The van der Waals surface area contributed by atoms with Crippen molar-refractivity contribution in [3.63, 3.8) is 0 Å². The lowest BCUT2D eigenvalue weighted by molar-refractivity contribution is -0.159. The summed E-state index contributed by atoms with van der Waals surface area (Å²) in [7, 11) is 0. The van der Waals surface area contributed by atoms with Crippen LogP contribution < -0.4 is 5.32 Å². The minimum absolute atomic E-state index is 0.0788. The van der Waals surface area contributed by atoms with Crippen LogP contribution in [0.3, 0.4) is 0 Å². The highest BCUT2D eigenvalue weighted by atomic mass is 19.1. The normalized spacial score (nSPS) is 24.2. The van der Waals surface area contributed by atoms with E-state index in [2.05, 4.69) is 17.2 Å². The number of rotatable bonds is 3. The standard InChI is InChI=1S/C27H28FN3O3/c28-21-7-3-4-8-22(21)29-27(34)30-15-23-26(24(17-32)31(23)25(33)16-30)20-13-11-19(12-14-20)10-9-18-5-1-2-6-18/h3-4,7-8,11-14,18,23-24,26,32H,1-2,5-6,15-17H2,(H,29,34)/t23-,24-,26-/m0/s1. The van der Waals surface area contributed by atoms with Gasteiger partial charge in [0, 0.05) is 23.9 Å². The minimum atomic E-state index is -0.529. The van der Waals surface area contributed by atoms with Crippen LogP contribution in [0.4, 0.5) is 14.9 Å². The molecule has 6 nitrogen and oxygen atoms in total. The number of benzene rings is 2. The SMILES string of the molecule is O=C(Nc1ccccc1F)N1CC(=O)N2[C@@H](CO)[C@@H](c3ccc(C#CC4CCCC4)cc3)[C@@H]2C1. The van der Waals surface area contributed by atoms with E-state index in [-0.39, 0.29) is 42.7 Å². The van der Waals surface area contributed by atoms with Gasteiger partial charge >= 0.3 is 6.03 Å². The van der Waals surface area contributed by atoms with Crippen LogP contribution in [-0.4, -0.2) is 58.6 Å². The van der Waals surface area contributed by atoms with E-state index in [9.17, 15) is 19.1 Å². The van der Waals surface area contributed by atoms with Gasteiger partial charge in [0.2, 0.25) is 5.91 Å². The predicted octanol–water partition coefficient (Wildman–Crippen LogP) is 3.57. The molecule has 2 aromatic carbocycles. The van der Waals surface area contributed by atoms with Crippen molar-refractivity contribution in [2.75, 3.05) is 25.0 Å². The molecule has 5 rings (SSSR count). The molecule has 3 fully saturated rings. The molecule has 2 saturated heterocycles. The Balaban J connectivity index is 1.30. The van der Waals surface area contributed by atoms with Crippen molar-refractivity contribution in [2.24, 2.45) is 5.92 Å². The van der Waals surface area contributed by atoms with Gasteiger partial charge in [0.05, 0.1) is 24.4 Å². The lowest BCUT2D eigenvalue weighted by atomic mass is 9.73. The second-order valence-corrected chi connectivity index (χ2v) is 9.31. The molecular weight excluding hydrogens is 433 g/mol. The van der Waals surface area contributed by atoms with Crippen LogP contribution in [0, 0.1) is 23.6 Å². The molecule has 2 heterocycles. The quantitative estimate of drug-likeness (QED) is 0.687. The van der Waals surface area contributed by atoms with Crippen LogP contribution in [0.5, 0.6) is 0 Å². The summed E-state index contributed by atoms with van der Waals surface area (Å²) in [5, 5.41) is 12.5. The maximum atomic E-state index is 14.0. The minimum Gasteiger partial charge on any atom is -0.394 e. The van der Waals surface area contributed by atoms with Crippen molar-refractivity contribution in [1.82, 2.24) is 9.80 Å². The first-order valence-electron chi connectivity index (χ1n) is 11.9. The maximum Gasteiger partial charge on any atom is 0.322 e. The zero-order valence-corrected chi connectivity index (χ0v) is 18.9. The molecular formula is C27H28FN3O3. The number of anilines is 1. The van der Waals surface area contributed by atoms with Gasteiger partial charge in [0.15, 0.2) is 0 Å². The van der Waals surface area contributed by atoms with E-state index in [0.29, 0.717) is 12.5 Å². The number of nitrogens with one attached hydrogen (secondary N) is 1. The number of amides is 3. The van der Waals surface area contributed by atoms with Crippen molar-refractivity contribution < 1.29 is 19.1 Å². The smallest absolute Gasteiger partial charge is 0.322 e. The summed E-state index contributed by atoms with van der Waals surface area (Å²) in [5.74, 6) is 6.30. The van der Waals surface area contributed by atoms with E-state index in [1.807, 2.05) is 24.3 Å². The van der Waals surface area contributed by atoms with E-state index < -0.39 is 11.8 Å². The van der Waals surface area contributed by atoms with Crippen molar-refractivity contribution in [2.45, 2.75) is 43.7 Å². The Labute approximate surface area is 198 Å². The summed E-state index contributed by atoms with van der Waals surface area (Å²) in [6.07, 6.45) is 4.87. The predicted molar refractivity (Wildman–Crippen MR) is 127 cm³/mol. The Bertz CT molecular complexity index is 1130. The van der Waals surface area contributed by atoms with Gasteiger partial charge in [-0.2, -0.15) is 0 Å². The summed E-state index contributed by atoms with van der Waals surface area (Å²) >= 11 is 0. The van der Waals surface area contributed by atoms with Crippen molar-refractivity contribution >= 4 is 17.6 Å². The number of aliphatic hydroxyl groups is 1. The lowest BCUT2D eigenvalue weighted by Gasteiger charge is -2.58. The summed E-state index contributed by atoms with van der Waals surface area (Å²) in [6.45, 7) is 0.0731. The molecule has 176 valence electrons. The Morgan fingerprint density at radius 3 is 2.56 bits per heavy atom. The first-order valence-corrected chi connectivity index (χ1v) is 11.9. The molecule has 34 heavy (non-hydrogen) atoms. The van der Waals surface area contributed by atoms with Crippen molar-refractivity contribution in [1.29, 1.82) is 0 Å². The zero-order valence-electron chi connectivity index (χ0n) is 18.9. The number of carbonyl (C=O) groups excluding carboxylic acids is 2. The van der Waals surface area contributed by atoms with E-state index in [1.165, 1.54) is 42.7 Å². The van der Waals surface area contributed by atoms with Crippen LogP contribution in [0.2, 0.25) is 0 Å². The first-order chi connectivity index (χ1) is 16.5. The summed E-state index contributed by atoms with van der Waals surface area (Å²) < 4.78 is 14.0. The van der Waals surface area contributed by atoms with Crippen LogP contribution in [0.1, 0.15) is 42.7 Å². The second kappa shape index (κ2) is 9.47. The molecule has 0 bridgehead atoms. The largest absolute Gasteiger partial charge is 0.394 e. The summed E-state index contributed by atoms with van der Waals surface area (Å²) in [4.78, 5) is 28.7. The van der Waals surface area contributed by atoms with Gasteiger partial charge < -0.3 is 20.2 Å². The number of piperazine rings is 1. The molecule has 0 radical (unpaired) electrons. The number of hydrogen-bond donors (Lipinski definition) is 2. The molecule has 3 aliphatic rings. The third kappa shape index (κ3) is 4.26. The first kappa shape index (κ1) is 22.4. The van der Waals surface area contributed by atoms with Gasteiger partial charge in [-0.1, -0.05) is 48.9 Å². The average molecular weight is 462 g/mol. The molecule has 1 saturated carbocycles. The lowest BCUT2D eigenvalue weighted by Crippen LogP contribution is -2.73. The summed E-state index contributed by atoms with van der Waals surface area (Å²) in [6, 6.07) is 12.9. The van der Waals surface area contributed by atoms with E-state index in [0.717, 1.165) is 11.1 Å². The number of aliphatic hydroxyl groups excluding tert-OH is 1. The van der Waals surface area contributed by atoms with Crippen molar-refractivity contribution in [3.05, 3.63) is 65.5 Å². The number of carbonyl (C=O) groups is 2. The Kier molecular flexibility index (Phi) is 6.25. The molecule has 0 spiro atoms. The third-order valence-corrected chi connectivity index (χ3v) is 7.23. The van der Waals surface area contributed by atoms with E-state index in [4.69, 9.17) is 0 Å². The topological polar surface area (TPSA) is 72.9 Å². The Morgan fingerprint density at radius 1 is 1.12 bits per heavy atom. The molecule has 1 aliphatic carbocycles. The fourth-order valence-corrected chi connectivity index (χ4v) is 5.46. The number of hydrogen-bond acceptors (Lipinski definition) is 3. The molecule has 3 atom stereocenters. The average Bonchev–Trinajstić information content (AvgIpc) is 3.35. The number of fused-ring (bicyclic) bond motifs is 1. The second-order valence-electron chi connectivity index (χ2n) is 9.31. The van der Waals surface area contributed by atoms with Gasteiger partial charge in [-0.05, 0) is 42.7 Å². The monoisotopic (exact) mass is 461 g/mol. The molecule has 0 aromatic heterocycles. The third-order valence-electron chi connectivity index (χ3n) is 7.23. The maximum absolute atomic E-state index is 14.0.